The summed E-state index contributed by atoms with van der Waals surface area (Å²) >= 11 is 1.79. The average Bonchev–Trinajstić information content (AvgIpc) is 3.34. The van der Waals surface area contributed by atoms with E-state index in [-0.39, 0.29) is 11.6 Å². The van der Waals surface area contributed by atoms with Crippen LogP contribution in [-0.2, 0) is 4.74 Å². The van der Waals surface area contributed by atoms with Crippen LogP contribution in [0.25, 0.3) is 0 Å². The van der Waals surface area contributed by atoms with Gasteiger partial charge in [-0.05, 0) is 64.1 Å². The highest BCUT2D eigenvalue weighted by molar-refractivity contribution is 7.10. The molecule has 2 aliphatic rings. The molecule has 3 heterocycles. The first-order valence-electron chi connectivity index (χ1n) is 9.64. The van der Waals surface area contributed by atoms with Gasteiger partial charge in [-0.1, -0.05) is 6.07 Å². The van der Waals surface area contributed by atoms with Crippen LogP contribution < -0.4 is 10.6 Å². The number of ether oxygens (including phenoxy) is 1. The number of guanidine groups is 1. The number of aliphatic imine (C=N–C) groups is 1. The number of hydrogen-bond acceptors (Lipinski definition) is 4. The summed E-state index contributed by atoms with van der Waals surface area (Å²) in [6.45, 7) is 10.2. The summed E-state index contributed by atoms with van der Waals surface area (Å²) in [5.41, 5.74) is 0.184. The molecule has 0 spiro atoms. The summed E-state index contributed by atoms with van der Waals surface area (Å²) in [6.07, 6.45) is 4.83. The molecule has 1 aromatic rings. The lowest BCUT2D eigenvalue weighted by Crippen LogP contribution is -2.54. The second-order valence-electron chi connectivity index (χ2n) is 7.11. The van der Waals surface area contributed by atoms with Crippen LogP contribution in [0.3, 0.4) is 0 Å². The Morgan fingerprint density at radius 2 is 2.12 bits per heavy atom. The minimum Gasteiger partial charge on any atom is -0.381 e. The van der Waals surface area contributed by atoms with Crippen molar-refractivity contribution in [3.05, 3.63) is 22.4 Å². The van der Waals surface area contributed by atoms with Crippen molar-refractivity contribution < 1.29 is 4.74 Å². The van der Waals surface area contributed by atoms with Crippen molar-refractivity contribution in [1.82, 2.24) is 15.5 Å². The van der Waals surface area contributed by atoms with Gasteiger partial charge in [-0.25, -0.2) is 0 Å². The summed E-state index contributed by atoms with van der Waals surface area (Å²) in [5.74, 6) is 0.925. The smallest absolute Gasteiger partial charge is 0.191 e. The van der Waals surface area contributed by atoms with Gasteiger partial charge in [0.2, 0.25) is 0 Å². The fourth-order valence-corrected chi connectivity index (χ4v) is 4.61. The van der Waals surface area contributed by atoms with Gasteiger partial charge in [0.05, 0.1) is 12.6 Å². The third kappa shape index (κ3) is 4.74. The quantitative estimate of drug-likeness (QED) is 0.602. The maximum atomic E-state index is 5.65. The van der Waals surface area contributed by atoms with Crippen LogP contribution in [0.15, 0.2) is 22.5 Å². The number of likely N-dealkylation sites (tertiary alicyclic amines) is 1. The van der Waals surface area contributed by atoms with E-state index in [1.165, 1.54) is 30.8 Å². The second-order valence-corrected chi connectivity index (χ2v) is 8.09. The summed E-state index contributed by atoms with van der Waals surface area (Å²) in [5, 5.41) is 9.11. The van der Waals surface area contributed by atoms with E-state index in [2.05, 4.69) is 46.9 Å². The molecule has 2 saturated heterocycles. The lowest BCUT2D eigenvalue weighted by Gasteiger charge is -2.43. The molecule has 2 aliphatic heterocycles. The average molecular weight is 365 g/mol. The number of nitrogens with one attached hydrogen (secondary N) is 2. The Morgan fingerprint density at radius 1 is 1.36 bits per heavy atom. The van der Waals surface area contributed by atoms with Gasteiger partial charge in [0.15, 0.2) is 5.96 Å². The zero-order valence-corrected chi connectivity index (χ0v) is 16.4. The summed E-state index contributed by atoms with van der Waals surface area (Å²) < 4.78 is 5.65. The summed E-state index contributed by atoms with van der Waals surface area (Å²) in [4.78, 5) is 9.02. The highest BCUT2D eigenvalue weighted by atomic mass is 32.1. The molecule has 0 bridgehead atoms. The molecule has 6 heteroatoms. The molecule has 140 valence electrons. The third-order valence-corrected chi connectivity index (χ3v) is 6.45. The molecule has 2 fully saturated rings. The fourth-order valence-electron chi connectivity index (χ4n) is 3.88. The number of hydrogen-bond donors (Lipinski definition) is 2. The molecular weight excluding hydrogens is 332 g/mol. The van der Waals surface area contributed by atoms with Crippen LogP contribution in [0.2, 0.25) is 0 Å². The van der Waals surface area contributed by atoms with Crippen molar-refractivity contribution >= 4 is 17.3 Å². The van der Waals surface area contributed by atoms with Crippen molar-refractivity contribution in [3.8, 4) is 0 Å². The molecule has 25 heavy (non-hydrogen) atoms. The Labute approximate surface area is 155 Å². The molecule has 1 atom stereocenters. The van der Waals surface area contributed by atoms with Crippen LogP contribution in [0.5, 0.6) is 0 Å². The van der Waals surface area contributed by atoms with E-state index in [9.17, 15) is 0 Å². The van der Waals surface area contributed by atoms with E-state index in [0.29, 0.717) is 0 Å². The maximum absolute atomic E-state index is 5.65. The van der Waals surface area contributed by atoms with E-state index in [0.717, 1.165) is 45.1 Å². The summed E-state index contributed by atoms with van der Waals surface area (Å²) in [6, 6.07) is 4.55. The number of rotatable bonds is 6. The number of thiophene rings is 1. The minimum absolute atomic E-state index is 0.184. The first-order valence-corrected chi connectivity index (χ1v) is 10.5. The first kappa shape index (κ1) is 18.7. The van der Waals surface area contributed by atoms with Crippen molar-refractivity contribution in [2.45, 2.75) is 51.1 Å². The lowest BCUT2D eigenvalue weighted by molar-refractivity contribution is -0.0139. The highest BCUT2D eigenvalue weighted by Crippen LogP contribution is 2.31. The van der Waals surface area contributed by atoms with E-state index >= 15 is 0 Å². The van der Waals surface area contributed by atoms with Gasteiger partial charge >= 0.3 is 0 Å². The maximum Gasteiger partial charge on any atom is 0.191 e. The standard InChI is InChI=1S/C19H32N4OS/c1-3-20-18(22-16(2)17-7-6-14-25-17)21-15-19(8-12-24-13-9-19)23-10-4-5-11-23/h6-7,14,16H,3-5,8-13,15H2,1-2H3,(H2,20,21,22). The molecule has 5 nitrogen and oxygen atoms in total. The van der Waals surface area contributed by atoms with Crippen molar-refractivity contribution in [1.29, 1.82) is 0 Å². The highest BCUT2D eigenvalue weighted by Gasteiger charge is 2.39. The second kappa shape index (κ2) is 9.01. The molecule has 0 amide bonds. The van der Waals surface area contributed by atoms with Crippen molar-refractivity contribution in [2.24, 2.45) is 4.99 Å². The zero-order valence-electron chi connectivity index (χ0n) is 15.6. The molecule has 3 rings (SSSR count). The minimum atomic E-state index is 0.184. The molecule has 0 aliphatic carbocycles. The number of nitrogens with zero attached hydrogens (tertiary/aromatic N) is 2. The van der Waals surface area contributed by atoms with Crippen LogP contribution in [0.4, 0.5) is 0 Å². The molecule has 2 N–H and O–H groups in total. The van der Waals surface area contributed by atoms with Crippen molar-refractivity contribution in [3.63, 3.8) is 0 Å². The Morgan fingerprint density at radius 3 is 2.76 bits per heavy atom. The van der Waals surface area contributed by atoms with Crippen LogP contribution in [0.1, 0.15) is 50.4 Å². The van der Waals surface area contributed by atoms with Crippen LogP contribution >= 0.6 is 11.3 Å². The van der Waals surface area contributed by atoms with Gasteiger partial charge in [0.25, 0.3) is 0 Å². The molecular formula is C19H32N4OS. The zero-order chi connectivity index (χ0) is 17.5. The lowest BCUT2D eigenvalue weighted by atomic mass is 9.88. The van der Waals surface area contributed by atoms with Crippen LogP contribution in [-0.4, -0.2) is 55.8 Å². The normalized spacial score (nSPS) is 22.7. The van der Waals surface area contributed by atoms with Gasteiger partial charge in [-0.15, -0.1) is 11.3 Å². The van der Waals surface area contributed by atoms with E-state index in [4.69, 9.17) is 9.73 Å². The monoisotopic (exact) mass is 364 g/mol. The molecule has 0 aromatic carbocycles. The topological polar surface area (TPSA) is 48.9 Å². The Kier molecular flexibility index (Phi) is 6.73. The Balaban J connectivity index is 1.69. The van der Waals surface area contributed by atoms with Gasteiger partial charge in [-0.3, -0.25) is 9.89 Å². The van der Waals surface area contributed by atoms with Gasteiger partial charge in [-0.2, -0.15) is 0 Å². The van der Waals surface area contributed by atoms with Crippen molar-refractivity contribution in [2.75, 3.05) is 39.4 Å². The van der Waals surface area contributed by atoms with E-state index in [1.54, 1.807) is 11.3 Å². The fraction of sp³-hybridized carbons (Fsp3) is 0.737. The largest absolute Gasteiger partial charge is 0.381 e. The van der Waals surface area contributed by atoms with Crippen LogP contribution in [0, 0.1) is 0 Å². The van der Waals surface area contributed by atoms with E-state index in [1.807, 2.05) is 0 Å². The first-order chi connectivity index (χ1) is 12.2. The predicted molar refractivity (Wildman–Crippen MR) is 105 cm³/mol. The SMILES string of the molecule is CCNC(=NCC1(N2CCCC2)CCOCC1)NC(C)c1cccs1. The van der Waals surface area contributed by atoms with E-state index < -0.39 is 0 Å². The van der Waals surface area contributed by atoms with Gasteiger partial charge in [0.1, 0.15) is 0 Å². The molecule has 1 unspecified atom stereocenters. The predicted octanol–water partition coefficient (Wildman–Crippen LogP) is 3.01. The third-order valence-electron chi connectivity index (χ3n) is 5.40. The molecule has 0 radical (unpaired) electrons. The van der Waals surface area contributed by atoms with Gasteiger partial charge < -0.3 is 15.4 Å². The summed E-state index contributed by atoms with van der Waals surface area (Å²) in [7, 11) is 0. The Hall–Kier alpha value is -1.11. The van der Waals surface area contributed by atoms with Gasteiger partial charge in [0, 0.05) is 30.2 Å². The Bertz CT molecular complexity index is 534. The molecule has 0 saturated carbocycles. The molecule has 1 aromatic heterocycles.